The highest BCUT2D eigenvalue weighted by molar-refractivity contribution is 6.05. The van der Waals surface area contributed by atoms with Gasteiger partial charge in [-0.2, -0.15) is 5.10 Å². The van der Waals surface area contributed by atoms with Crippen LogP contribution in [0.15, 0.2) is 35.1 Å². The number of carbonyl (C=O) groups excluding carboxylic acids is 1. The number of H-pyrrole nitrogens is 1. The second-order valence-corrected chi connectivity index (χ2v) is 5.14. The molecule has 1 atom stereocenters. The zero-order valence-corrected chi connectivity index (χ0v) is 11.5. The van der Waals surface area contributed by atoms with Crippen LogP contribution in [-0.2, 0) is 6.42 Å². The lowest BCUT2D eigenvalue weighted by atomic mass is 9.96. The summed E-state index contributed by atoms with van der Waals surface area (Å²) in [5.41, 5.74) is 1.32. The van der Waals surface area contributed by atoms with Gasteiger partial charge in [-0.25, -0.2) is 9.49 Å². The van der Waals surface area contributed by atoms with Crippen LogP contribution in [0.4, 0.5) is 10.1 Å². The molecule has 0 saturated heterocycles. The molecule has 0 aliphatic carbocycles. The van der Waals surface area contributed by atoms with Gasteiger partial charge in [-0.3, -0.25) is 9.59 Å². The fourth-order valence-corrected chi connectivity index (χ4v) is 2.62. The molecule has 108 valence electrons. The van der Waals surface area contributed by atoms with Gasteiger partial charge in [-0.15, -0.1) is 0 Å². The number of carbonyl (C=O) groups is 1. The third-order valence-electron chi connectivity index (χ3n) is 3.69. The lowest BCUT2D eigenvalue weighted by Gasteiger charge is -2.35. The molecule has 0 unspecified atom stereocenters. The summed E-state index contributed by atoms with van der Waals surface area (Å²) in [4.78, 5) is 25.3. The zero-order chi connectivity index (χ0) is 15.0. The number of halogens is 1. The number of fused-ring (bicyclic) bond motifs is 1. The maximum Gasteiger partial charge on any atom is 0.278 e. The molecule has 1 aliphatic rings. The summed E-state index contributed by atoms with van der Waals surface area (Å²) < 4.78 is 13.3. The predicted molar refractivity (Wildman–Crippen MR) is 75.9 cm³/mol. The Kier molecular flexibility index (Phi) is 3.29. The van der Waals surface area contributed by atoms with E-state index in [1.54, 1.807) is 11.0 Å². The summed E-state index contributed by atoms with van der Waals surface area (Å²) in [6.45, 7) is 1.94. The van der Waals surface area contributed by atoms with Crippen molar-refractivity contribution in [2.75, 3.05) is 4.90 Å². The molecule has 2 heterocycles. The Hall–Kier alpha value is -2.50. The van der Waals surface area contributed by atoms with Gasteiger partial charge in [-0.05, 0) is 49.6 Å². The Morgan fingerprint density at radius 3 is 2.90 bits per heavy atom. The molecular formula is C15H14FN3O2. The fourth-order valence-electron chi connectivity index (χ4n) is 2.62. The Bertz CT molecular complexity index is 736. The number of benzene rings is 1. The number of nitrogens with zero attached hydrogens (tertiary/aromatic N) is 2. The van der Waals surface area contributed by atoms with E-state index in [4.69, 9.17) is 0 Å². The first kappa shape index (κ1) is 13.5. The number of amides is 1. The SMILES string of the molecule is C[C@@H]1CCc2cc(F)ccc2N1C(=O)c1ccc(=O)[nH]n1. The van der Waals surface area contributed by atoms with Gasteiger partial charge in [0.15, 0.2) is 0 Å². The lowest BCUT2D eigenvalue weighted by Crippen LogP contribution is -2.42. The molecule has 1 N–H and O–H groups in total. The summed E-state index contributed by atoms with van der Waals surface area (Å²) >= 11 is 0. The minimum Gasteiger partial charge on any atom is -0.304 e. The minimum atomic E-state index is -0.360. The van der Waals surface area contributed by atoms with E-state index < -0.39 is 0 Å². The molecule has 0 radical (unpaired) electrons. The first-order chi connectivity index (χ1) is 10.1. The van der Waals surface area contributed by atoms with Crippen LogP contribution in [0.5, 0.6) is 0 Å². The van der Waals surface area contributed by atoms with Gasteiger partial charge < -0.3 is 4.90 Å². The van der Waals surface area contributed by atoms with Crippen molar-refractivity contribution in [1.29, 1.82) is 0 Å². The van der Waals surface area contributed by atoms with Crippen molar-refractivity contribution in [3.8, 4) is 0 Å². The first-order valence-electron chi connectivity index (χ1n) is 6.74. The predicted octanol–water partition coefficient (Wildman–Crippen LogP) is 1.89. The van der Waals surface area contributed by atoms with Gasteiger partial charge in [-0.1, -0.05) is 0 Å². The molecule has 1 aromatic carbocycles. The van der Waals surface area contributed by atoms with Crippen LogP contribution >= 0.6 is 0 Å². The van der Waals surface area contributed by atoms with Gasteiger partial charge in [0.2, 0.25) is 0 Å². The number of rotatable bonds is 1. The third kappa shape index (κ3) is 2.44. The van der Waals surface area contributed by atoms with Gasteiger partial charge in [0, 0.05) is 17.8 Å². The van der Waals surface area contributed by atoms with Crippen LogP contribution < -0.4 is 10.5 Å². The largest absolute Gasteiger partial charge is 0.304 e. The summed E-state index contributed by atoms with van der Waals surface area (Å²) in [5.74, 6) is -0.607. The number of aromatic nitrogens is 2. The van der Waals surface area contributed by atoms with E-state index >= 15 is 0 Å². The van der Waals surface area contributed by atoms with Crippen LogP contribution in [0.2, 0.25) is 0 Å². The molecule has 6 heteroatoms. The third-order valence-corrected chi connectivity index (χ3v) is 3.69. The topological polar surface area (TPSA) is 66.1 Å². The van der Waals surface area contributed by atoms with E-state index in [0.717, 1.165) is 18.4 Å². The number of hydrogen-bond donors (Lipinski definition) is 1. The molecular weight excluding hydrogens is 273 g/mol. The van der Waals surface area contributed by atoms with E-state index in [9.17, 15) is 14.0 Å². The normalized spacial score (nSPS) is 17.4. The highest BCUT2D eigenvalue weighted by Crippen LogP contribution is 2.32. The second-order valence-electron chi connectivity index (χ2n) is 5.14. The van der Waals surface area contributed by atoms with Crippen molar-refractivity contribution in [3.63, 3.8) is 0 Å². The molecule has 1 amide bonds. The van der Waals surface area contributed by atoms with Crippen LogP contribution in [0, 0.1) is 5.82 Å². The Morgan fingerprint density at radius 2 is 2.19 bits per heavy atom. The Morgan fingerprint density at radius 1 is 1.38 bits per heavy atom. The van der Waals surface area contributed by atoms with Gasteiger partial charge in [0.25, 0.3) is 11.5 Å². The number of nitrogens with one attached hydrogen (secondary N) is 1. The van der Waals surface area contributed by atoms with Crippen molar-refractivity contribution < 1.29 is 9.18 Å². The maximum absolute atomic E-state index is 13.3. The molecule has 1 aliphatic heterocycles. The van der Waals surface area contributed by atoms with Crippen molar-refractivity contribution in [2.24, 2.45) is 0 Å². The fraction of sp³-hybridized carbons (Fsp3) is 0.267. The lowest BCUT2D eigenvalue weighted by molar-refractivity contribution is 0.0969. The van der Waals surface area contributed by atoms with Crippen LogP contribution in [0.1, 0.15) is 29.4 Å². The zero-order valence-electron chi connectivity index (χ0n) is 11.5. The summed E-state index contributed by atoms with van der Waals surface area (Å²) in [6, 6.07) is 7.07. The van der Waals surface area contributed by atoms with Crippen LogP contribution in [0.3, 0.4) is 0 Å². The molecule has 21 heavy (non-hydrogen) atoms. The average molecular weight is 287 g/mol. The van der Waals surface area contributed by atoms with E-state index in [0.29, 0.717) is 5.69 Å². The van der Waals surface area contributed by atoms with E-state index in [1.807, 2.05) is 6.92 Å². The molecule has 3 rings (SSSR count). The highest BCUT2D eigenvalue weighted by Gasteiger charge is 2.29. The molecule has 5 nitrogen and oxygen atoms in total. The Balaban J connectivity index is 2.03. The number of anilines is 1. The van der Waals surface area contributed by atoms with Gasteiger partial charge in [0.05, 0.1) is 0 Å². The Labute approximate surface area is 120 Å². The van der Waals surface area contributed by atoms with Crippen molar-refractivity contribution in [3.05, 3.63) is 57.8 Å². The molecule has 0 spiro atoms. The second kappa shape index (κ2) is 5.12. The van der Waals surface area contributed by atoms with Gasteiger partial charge in [0.1, 0.15) is 11.5 Å². The maximum atomic E-state index is 13.3. The molecule has 2 aromatic rings. The van der Waals surface area contributed by atoms with E-state index in [2.05, 4.69) is 10.2 Å². The van der Waals surface area contributed by atoms with E-state index in [1.165, 1.54) is 24.3 Å². The smallest absolute Gasteiger partial charge is 0.278 e. The number of aryl methyl sites for hydroxylation is 1. The van der Waals surface area contributed by atoms with Crippen LogP contribution in [-0.4, -0.2) is 22.1 Å². The summed E-state index contributed by atoms with van der Waals surface area (Å²) in [5, 5.41) is 6.03. The van der Waals surface area contributed by atoms with Crippen molar-refractivity contribution in [2.45, 2.75) is 25.8 Å². The number of aromatic amines is 1. The standard InChI is InChI=1S/C15H14FN3O2/c1-9-2-3-10-8-11(16)4-6-13(10)19(9)15(21)12-5-7-14(20)18-17-12/h4-9H,2-3H2,1H3,(H,18,20)/t9-/m1/s1. The van der Waals surface area contributed by atoms with E-state index in [-0.39, 0.29) is 29.0 Å². The highest BCUT2D eigenvalue weighted by atomic mass is 19.1. The quantitative estimate of drug-likeness (QED) is 0.871. The van der Waals surface area contributed by atoms with Crippen molar-refractivity contribution in [1.82, 2.24) is 10.2 Å². The van der Waals surface area contributed by atoms with Crippen molar-refractivity contribution >= 4 is 11.6 Å². The molecule has 0 saturated carbocycles. The monoisotopic (exact) mass is 287 g/mol. The molecule has 1 aromatic heterocycles. The van der Waals surface area contributed by atoms with Gasteiger partial charge >= 0.3 is 0 Å². The average Bonchev–Trinajstić information content (AvgIpc) is 2.47. The molecule has 0 bridgehead atoms. The molecule has 0 fully saturated rings. The first-order valence-corrected chi connectivity index (χ1v) is 6.74. The summed E-state index contributed by atoms with van der Waals surface area (Å²) in [7, 11) is 0. The summed E-state index contributed by atoms with van der Waals surface area (Å²) in [6.07, 6.45) is 1.49. The minimum absolute atomic E-state index is 0.0100. The number of hydrogen-bond acceptors (Lipinski definition) is 3. The van der Waals surface area contributed by atoms with Crippen LogP contribution in [0.25, 0.3) is 0 Å².